The molecule has 3 heterocycles. The first-order chi connectivity index (χ1) is 11.1. The first kappa shape index (κ1) is 15.6. The third-order valence-corrected chi connectivity index (χ3v) is 4.28. The van der Waals surface area contributed by atoms with E-state index < -0.39 is 0 Å². The van der Waals surface area contributed by atoms with Crippen LogP contribution in [0.2, 0.25) is 0 Å². The molecule has 1 N–H and O–H groups in total. The second-order valence-electron chi connectivity index (χ2n) is 5.97. The van der Waals surface area contributed by atoms with Crippen LogP contribution >= 0.6 is 0 Å². The van der Waals surface area contributed by atoms with Crippen LogP contribution in [0.5, 0.6) is 0 Å². The minimum absolute atomic E-state index is 0.182. The van der Waals surface area contributed by atoms with Crippen molar-refractivity contribution >= 4 is 11.6 Å². The maximum atomic E-state index is 12.6. The Bertz CT molecular complexity index is 716. The predicted molar refractivity (Wildman–Crippen MR) is 88.9 cm³/mol. The molecule has 1 unspecified atom stereocenters. The molecule has 0 spiro atoms. The fraction of sp³-hybridized carbons (Fsp3) is 0.412. The van der Waals surface area contributed by atoms with E-state index in [1.807, 2.05) is 13.8 Å². The molecule has 120 valence electrons. The Balaban J connectivity index is 1.93. The van der Waals surface area contributed by atoms with E-state index in [9.17, 15) is 4.79 Å². The summed E-state index contributed by atoms with van der Waals surface area (Å²) in [6.45, 7) is 8.79. The first-order valence-corrected chi connectivity index (χ1v) is 7.86. The van der Waals surface area contributed by atoms with Gasteiger partial charge in [-0.3, -0.25) is 9.78 Å². The van der Waals surface area contributed by atoms with Crippen molar-refractivity contribution in [1.82, 2.24) is 20.5 Å². The van der Waals surface area contributed by atoms with Crippen LogP contribution < -0.4 is 10.2 Å². The number of aromatic nitrogens is 3. The van der Waals surface area contributed by atoms with Gasteiger partial charge in [-0.15, -0.1) is 10.2 Å². The van der Waals surface area contributed by atoms with Gasteiger partial charge in [0.05, 0.1) is 0 Å². The van der Waals surface area contributed by atoms with Crippen LogP contribution in [-0.4, -0.2) is 46.6 Å². The molecule has 1 fully saturated rings. The van der Waals surface area contributed by atoms with Crippen LogP contribution in [0.1, 0.15) is 34.2 Å². The van der Waals surface area contributed by atoms with Gasteiger partial charge in [0, 0.05) is 31.9 Å². The van der Waals surface area contributed by atoms with Gasteiger partial charge in [0.1, 0.15) is 11.4 Å². The standard InChI is InChI=1S/C17H21N5O/c1-11-10-22(9-8-18-11)17-13(3)12(2)15(20-21-17)16(23)14-6-4-5-7-19-14/h4-7,11,18H,8-10H2,1-3H3. The van der Waals surface area contributed by atoms with Crippen LogP contribution in [-0.2, 0) is 0 Å². The molecule has 1 saturated heterocycles. The van der Waals surface area contributed by atoms with E-state index >= 15 is 0 Å². The maximum absolute atomic E-state index is 12.6. The van der Waals surface area contributed by atoms with Gasteiger partial charge in [-0.2, -0.15) is 0 Å². The highest BCUT2D eigenvalue weighted by molar-refractivity contribution is 6.07. The topological polar surface area (TPSA) is 71.0 Å². The van der Waals surface area contributed by atoms with E-state index in [0.717, 1.165) is 36.6 Å². The summed E-state index contributed by atoms with van der Waals surface area (Å²) in [4.78, 5) is 18.9. The molecule has 0 aromatic carbocycles. The monoisotopic (exact) mass is 311 g/mol. The third kappa shape index (κ3) is 3.07. The second-order valence-corrected chi connectivity index (χ2v) is 5.97. The average molecular weight is 311 g/mol. The van der Waals surface area contributed by atoms with Gasteiger partial charge in [0.15, 0.2) is 5.82 Å². The van der Waals surface area contributed by atoms with E-state index in [2.05, 4.69) is 32.3 Å². The Morgan fingerprint density at radius 3 is 2.78 bits per heavy atom. The van der Waals surface area contributed by atoms with Gasteiger partial charge in [0.25, 0.3) is 0 Å². The quantitative estimate of drug-likeness (QED) is 0.867. The van der Waals surface area contributed by atoms with Crippen molar-refractivity contribution in [2.75, 3.05) is 24.5 Å². The minimum atomic E-state index is -0.182. The number of nitrogens with one attached hydrogen (secondary N) is 1. The highest BCUT2D eigenvalue weighted by Crippen LogP contribution is 2.23. The number of hydrogen-bond donors (Lipinski definition) is 1. The molecule has 0 radical (unpaired) electrons. The number of ketones is 1. The lowest BCUT2D eigenvalue weighted by molar-refractivity contribution is 0.102. The molecule has 0 aliphatic carbocycles. The van der Waals surface area contributed by atoms with Crippen molar-refractivity contribution in [3.63, 3.8) is 0 Å². The molecule has 6 nitrogen and oxygen atoms in total. The molecule has 2 aromatic rings. The molecule has 1 aliphatic heterocycles. The number of rotatable bonds is 3. The summed E-state index contributed by atoms with van der Waals surface area (Å²) in [7, 11) is 0. The number of carbonyl (C=O) groups is 1. The smallest absolute Gasteiger partial charge is 0.231 e. The number of anilines is 1. The highest BCUT2D eigenvalue weighted by Gasteiger charge is 2.23. The lowest BCUT2D eigenvalue weighted by Crippen LogP contribution is -2.49. The summed E-state index contributed by atoms with van der Waals surface area (Å²) in [6, 6.07) is 5.70. The molecule has 3 rings (SSSR count). The van der Waals surface area contributed by atoms with Crippen molar-refractivity contribution in [3.8, 4) is 0 Å². The van der Waals surface area contributed by atoms with Crippen molar-refractivity contribution in [1.29, 1.82) is 0 Å². The maximum Gasteiger partial charge on any atom is 0.231 e. The van der Waals surface area contributed by atoms with Crippen molar-refractivity contribution in [3.05, 3.63) is 46.9 Å². The normalized spacial score (nSPS) is 18.0. The summed E-state index contributed by atoms with van der Waals surface area (Å²) in [6.07, 6.45) is 1.61. The van der Waals surface area contributed by atoms with E-state index in [1.54, 1.807) is 24.4 Å². The molecule has 6 heteroatoms. The van der Waals surface area contributed by atoms with Crippen LogP contribution in [0.3, 0.4) is 0 Å². The molecule has 1 aliphatic rings. The summed E-state index contributed by atoms with van der Waals surface area (Å²) in [5.74, 6) is 0.687. The van der Waals surface area contributed by atoms with Gasteiger partial charge < -0.3 is 10.2 Å². The summed E-state index contributed by atoms with van der Waals surface area (Å²) in [5.41, 5.74) is 2.66. The molecular weight excluding hydrogens is 290 g/mol. The Morgan fingerprint density at radius 2 is 2.09 bits per heavy atom. The van der Waals surface area contributed by atoms with Crippen LogP contribution in [0.15, 0.2) is 24.4 Å². The largest absolute Gasteiger partial charge is 0.352 e. The molecule has 23 heavy (non-hydrogen) atoms. The zero-order chi connectivity index (χ0) is 16.4. The van der Waals surface area contributed by atoms with E-state index in [-0.39, 0.29) is 5.78 Å². The van der Waals surface area contributed by atoms with Gasteiger partial charge in [-0.05, 0) is 44.0 Å². The minimum Gasteiger partial charge on any atom is -0.352 e. The molecule has 0 bridgehead atoms. The van der Waals surface area contributed by atoms with Crippen LogP contribution in [0, 0.1) is 13.8 Å². The Kier molecular flexibility index (Phi) is 4.34. The molecule has 0 saturated carbocycles. The number of hydrogen-bond acceptors (Lipinski definition) is 6. The number of pyridine rings is 1. The van der Waals surface area contributed by atoms with Crippen molar-refractivity contribution in [2.45, 2.75) is 26.8 Å². The van der Waals surface area contributed by atoms with E-state index in [4.69, 9.17) is 0 Å². The zero-order valence-electron chi connectivity index (χ0n) is 13.7. The van der Waals surface area contributed by atoms with Gasteiger partial charge in [-0.1, -0.05) is 6.07 Å². The second kappa shape index (κ2) is 6.42. The number of nitrogens with zero attached hydrogens (tertiary/aromatic N) is 4. The predicted octanol–water partition coefficient (Wildman–Crippen LogP) is 1.52. The zero-order valence-corrected chi connectivity index (χ0v) is 13.7. The average Bonchev–Trinajstić information content (AvgIpc) is 2.57. The molecule has 1 atom stereocenters. The van der Waals surface area contributed by atoms with Crippen molar-refractivity contribution < 1.29 is 4.79 Å². The molecule has 0 amide bonds. The highest BCUT2D eigenvalue weighted by atomic mass is 16.1. The Hall–Kier alpha value is -2.34. The lowest BCUT2D eigenvalue weighted by Gasteiger charge is -2.33. The number of piperazine rings is 1. The van der Waals surface area contributed by atoms with Crippen LogP contribution in [0.25, 0.3) is 0 Å². The van der Waals surface area contributed by atoms with Gasteiger partial charge >= 0.3 is 0 Å². The van der Waals surface area contributed by atoms with Gasteiger partial charge in [-0.25, -0.2) is 0 Å². The molecule has 2 aromatic heterocycles. The fourth-order valence-electron chi connectivity index (χ4n) is 2.85. The fourth-order valence-corrected chi connectivity index (χ4v) is 2.85. The summed E-state index contributed by atoms with van der Waals surface area (Å²) < 4.78 is 0. The summed E-state index contributed by atoms with van der Waals surface area (Å²) in [5, 5.41) is 12.0. The van der Waals surface area contributed by atoms with Gasteiger partial charge in [0.2, 0.25) is 5.78 Å². The van der Waals surface area contributed by atoms with E-state index in [1.165, 1.54) is 0 Å². The van der Waals surface area contributed by atoms with Crippen LogP contribution in [0.4, 0.5) is 5.82 Å². The number of carbonyl (C=O) groups excluding carboxylic acids is 1. The Morgan fingerprint density at radius 1 is 1.26 bits per heavy atom. The third-order valence-electron chi connectivity index (χ3n) is 4.28. The Labute approximate surface area is 136 Å². The summed E-state index contributed by atoms with van der Waals surface area (Å²) >= 11 is 0. The van der Waals surface area contributed by atoms with E-state index in [0.29, 0.717) is 17.4 Å². The first-order valence-electron chi connectivity index (χ1n) is 7.86. The molecular formula is C17H21N5O. The van der Waals surface area contributed by atoms with Crippen molar-refractivity contribution in [2.24, 2.45) is 0 Å². The SMILES string of the molecule is Cc1c(C(=O)c2ccccn2)nnc(N2CCNC(C)C2)c1C. The lowest BCUT2D eigenvalue weighted by atomic mass is 10.0.